The van der Waals surface area contributed by atoms with E-state index < -0.39 is 0 Å². The van der Waals surface area contributed by atoms with Crippen LogP contribution in [0, 0.1) is 13.8 Å². The molecule has 26 heavy (non-hydrogen) atoms. The van der Waals surface area contributed by atoms with E-state index in [1.165, 1.54) is 16.2 Å². The number of hydrogen-bond donors (Lipinski definition) is 0. The zero-order valence-electron chi connectivity index (χ0n) is 15.4. The Morgan fingerprint density at radius 1 is 1.27 bits per heavy atom. The lowest BCUT2D eigenvalue weighted by Gasteiger charge is -2.35. The number of carbonyl (C=O) groups excluding carboxylic acids is 2. The molecule has 3 rings (SSSR count). The Morgan fingerprint density at radius 3 is 2.58 bits per heavy atom. The number of rotatable bonds is 5. The SMILES string of the molecule is Cc1noc(C)c1CN1CCN(C(=O)CN(C)C(=O)c2cccs2)CC1. The zero-order valence-corrected chi connectivity index (χ0v) is 16.2. The predicted molar refractivity (Wildman–Crippen MR) is 99.1 cm³/mol. The Bertz CT molecular complexity index is 744. The van der Waals surface area contributed by atoms with Crippen molar-refractivity contribution in [2.75, 3.05) is 39.8 Å². The molecular weight excluding hydrogens is 352 g/mol. The maximum absolute atomic E-state index is 12.5. The van der Waals surface area contributed by atoms with Crippen LogP contribution in [0.25, 0.3) is 0 Å². The van der Waals surface area contributed by atoms with Gasteiger partial charge in [0.05, 0.1) is 17.1 Å². The summed E-state index contributed by atoms with van der Waals surface area (Å²) in [5.41, 5.74) is 2.06. The first-order chi connectivity index (χ1) is 12.5. The molecule has 2 aromatic heterocycles. The van der Waals surface area contributed by atoms with E-state index in [4.69, 9.17) is 4.52 Å². The molecule has 0 aromatic carbocycles. The van der Waals surface area contributed by atoms with Crippen molar-refractivity contribution in [3.05, 3.63) is 39.4 Å². The van der Waals surface area contributed by atoms with Gasteiger partial charge in [0.25, 0.3) is 5.91 Å². The fourth-order valence-corrected chi connectivity index (χ4v) is 3.79. The smallest absolute Gasteiger partial charge is 0.264 e. The van der Waals surface area contributed by atoms with Crippen molar-refractivity contribution < 1.29 is 14.1 Å². The lowest BCUT2D eigenvalue weighted by atomic mass is 10.2. The largest absolute Gasteiger partial charge is 0.361 e. The Kier molecular flexibility index (Phi) is 5.73. The summed E-state index contributed by atoms with van der Waals surface area (Å²) in [5.74, 6) is 0.745. The minimum Gasteiger partial charge on any atom is -0.361 e. The number of nitrogens with zero attached hydrogens (tertiary/aromatic N) is 4. The van der Waals surface area contributed by atoms with Crippen LogP contribution < -0.4 is 0 Å². The summed E-state index contributed by atoms with van der Waals surface area (Å²) in [4.78, 5) is 31.1. The van der Waals surface area contributed by atoms with Crippen LogP contribution in [0.15, 0.2) is 22.0 Å². The summed E-state index contributed by atoms with van der Waals surface area (Å²) in [6.45, 7) is 7.73. The lowest BCUT2D eigenvalue weighted by molar-refractivity contribution is -0.133. The number of hydrogen-bond acceptors (Lipinski definition) is 6. The molecule has 3 heterocycles. The van der Waals surface area contributed by atoms with Crippen molar-refractivity contribution in [3.63, 3.8) is 0 Å². The number of piperazine rings is 1. The highest BCUT2D eigenvalue weighted by molar-refractivity contribution is 7.12. The molecule has 7 nitrogen and oxygen atoms in total. The standard InChI is InChI=1S/C18H24N4O3S/c1-13-15(14(2)25-19-13)11-21-6-8-22(9-7-21)17(23)12-20(3)18(24)16-5-4-10-26-16/h4-5,10H,6-9,11-12H2,1-3H3. The van der Waals surface area contributed by atoms with E-state index in [0.717, 1.165) is 36.7 Å². The Morgan fingerprint density at radius 2 is 2.00 bits per heavy atom. The average Bonchev–Trinajstić information content (AvgIpc) is 3.27. The van der Waals surface area contributed by atoms with Crippen molar-refractivity contribution >= 4 is 23.2 Å². The van der Waals surface area contributed by atoms with E-state index in [9.17, 15) is 9.59 Å². The van der Waals surface area contributed by atoms with Gasteiger partial charge in [0.2, 0.25) is 5.91 Å². The molecule has 2 aromatic rings. The van der Waals surface area contributed by atoms with Gasteiger partial charge in [0, 0.05) is 45.3 Å². The molecule has 140 valence electrons. The maximum Gasteiger partial charge on any atom is 0.264 e. The maximum atomic E-state index is 12.5. The third-order valence-electron chi connectivity index (χ3n) is 4.74. The number of amides is 2. The van der Waals surface area contributed by atoms with Gasteiger partial charge >= 0.3 is 0 Å². The molecule has 0 N–H and O–H groups in total. The van der Waals surface area contributed by atoms with Crippen LogP contribution in [0.1, 0.15) is 26.7 Å². The minimum absolute atomic E-state index is 0.00519. The molecule has 1 aliphatic heterocycles. The first-order valence-corrected chi connectivity index (χ1v) is 9.54. The first-order valence-electron chi connectivity index (χ1n) is 8.66. The highest BCUT2D eigenvalue weighted by Gasteiger charge is 2.25. The van der Waals surface area contributed by atoms with Gasteiger partial charge in [0.1, 0.15) is 5.76 Å². The minimum atomic E-state index is -0.106. The number of aromatic nitrogens is 1. The molecule has 0 unspecified atom stereocenters. The molecular formula is C18H24N4O3S. The van der Waals surface area contributed by atoms with Gasteiger partial charge in [0.15, 0.2) is 0 Å². The Hall–Kier alpha value is -2.19. The van der Waals surface area contributed by atoms with Crippen molar-refractivity contribution in [2.45, 2.75) is 20.4 Å². The number of carbonyl (C=O) groups is 2. The van der Waals surface area contributed by atoms with E-state index >= 15 is 0 Å². The second kappa shape index (κ2) is 8.01. The molecule has 1 saturated heterocycles. The summed E-state index contributed by atoms with van der Waals surface area (Å²) in [6, 6.07) is 3.62. The highest BCUT2D eigenvalue weighted by Crippen LogP contribution is 2.16. The average molecular weight is 376 g/mol. The van der Waals surface area contributed by atoms with Crippen LogP contribution in [-0.4, -0.2) is 71.4 Å². The van der Waals surface area contributed by atoms with Gasteiger partial charge in [-0.1, -0.05) is 11.2 Å². The second-order valence-corrected chi connectivity index (χ2v) is 7.55. The third-order valence-corrected chi connectivity index (χ3v) is 5.60. The van der Waals surface area contributed by atoms with Crippen LogP contribution in [0.3, 0.4) is 0 Å². The number of aryl methyl sites for hydroxylation is 2. The van der Waals surface area contributed by atoms with E-state index in [-0.39, 0.29) is 18.4 Å². The van der Waals surface area contributed by atoms with Gasteiger partial charge in [-0.2, -0.15) is 0 Å². The van der Waals surface area contributed by atoms with E-state index in [2.05, 4.69) is 10.1 Å². The summed E-state index contributed by atoms with van der Waals surface area (Å²) in [7, 11) is 1.67. The van der Waals surface area contributed by atoms with Gasteiger partial charge in [-0.3, -0.25) is 14.5 Å². The number of thiophene rings is 1. The normalized spacial score (nSPS) is 15.3. The number of likely N-dealkylation sites (N-methyl/N-ethyl adjacent to an activating group) is 1. The first kappa shape index (κ1) is 18.6. The van der Waals surface area contributed by atoms with Crippen LogP contribution in [0.2, 0.25) is 0 Å². The van der Waals surface area contributed by atoms with Crippen LogP contribution in [-0.2, 0) is 11.3 Å². The van der Waals surface area contributed by atoms with Gasteiger partial charge in [-0.25, -0.2) is 0 Å². The van der Waals surface area contributed by atoms with Crippen LogP contribution in [0.4, 0.5) is 0 Å². The summed E-state index contributed by atoms with van der Waals surface area (Å²) in [5, 5.41) is 5.85. The molecule has 1 aliphatic rings. The summed E-state index contributed by atoms with van der Waals surface area (Å²) in [6.07, 6.45) is 0. The zero-order chi connectivity index (χ0) is 18.7. The molecule has 8 heteroatoms. The van der Waals surface area contributed by atoms with Gasteiger partial charge < -0.3 is 14.3 Å². The molecule has 0 radical (unpaired) electrons. The molecule has 1 fully saturated rings. The van der Waals surface area contributed by atoms with Crippen molar-refractivity contribution in [1.29, 1.82) is 0 Å². The quantitative estimate of drug-likeness (QED) is 0.795. The molecule has 2 amide bonds. The lowest BCUT2D eigenvalue weighted by Crippen LogP contribution is -2.51. The predicted octanol–water partition coefficient (Wildman–Crippen LogP) is 1.77. The van der Waals surface area contributed by atoms with E-state index in [0.29, 0.717) is 18.0 Å². The fraction of sp³-hybridized carbons (Fsp3) is 0.500. The molecule has 0 saturated carbocycles. The molecule has 0 spiro atoms. The third kappa shape index (κ3) is 4.13. The fourth-order valence-electron chi connectivity index (χ4n) is 3.07. The Balaban J connectivity index is 1.48. The van der Waals surface area contributed by atoms with Crippen molar-refractivity contribution in [2.24, 2.45) is 0 Å². The van der Waals surface area contributed by atoms with Gasteiger partial charge in [-0.15, -0.1) is 11.3 Å². The topological polar surface area (TPSA) is 69.9 Å². The van der Waals surface area contributed by atoms with E-state index in [1.54, 1.807) is 13.1 Å². The van der Waals surface area contributed by atoms with Crippen LogP contribution >= 0.6 is 11.3 Å². The molecule has 0 atom stereocenters. The second-order valence-electron chi connectivity index (χ2n) is 6.60. The molecule has 0 bridgehead atoms. The van der Waals surface area contributed by atoms with Crippen LogP contribution in [0.5, 0.6) is 0 Å². The van der Waals surface area contributed by atoms with Crippen molar-refractivity contribution in [1.82, 2.24) is 19.9 Å². The monoisotopic (exact) mass is 376 g/mol. The summed E-state index contributed by atoms with van der Waals surface area (Å²) < 4.78 is 5.22. The van der Waals surface area contributed by atoms with Gasteiger partial charge in [-0.05, 0) is 25.3 Å². The summed E-state index contributed by atoms with van der Waals surface area (Å²) >= 11 is 1.39. The molecule has 0 aliphatic carbocycles. The highest BCUT2D eigenvalue weighted by atomic mass is 32.1. The Labute approximate surface area is 157 Å². The van der Waals surface area contributed by atoms with Crippen molar-refractivity contribution in [3.8, 4) is 0 Å². The van der Waals surface area contributed by atoms with E-state index in [1.807, 2.05) is 30.2 Å².